The first kappa shape index (κ1) is 12.6. The largest absolute Gasteiger partial charge is 0.396 e. The molecule has 3 heteroatoms. The molecular weight excluding hydrogens is 228 g/mol. The molecule has 3 nitrogen and oxygen atoms in total. The van der Waals surface area contributed by atoms with Crippen molar-refractivity contribution in [2.45, 2.75) is 51.6 Å². The lowest BCUT2D eigenvalue weighted by molar-refractivity contribution is -0.151. The highest BCUT2D eigenvalue weighted by molar-refractivity contribution is 5.39. The van der Waals surface area contributed by atoms with E-state index >= 15 is 0 Å². The highest BCUT2D eigenvalue weighted by Crippen LogP contribution is 2.65. The minimum atomic E-state index is -0.770. The van der Waals surface area contributed by atoms with Crippen molar-refractivity contribution in [2.24, 2.45) is 16.7 Å². The first-order valence-corrected chi connectivity index (χ1v) is 7.04. The second kappa shape index (κ2) is 3.59. The summed E-state index contributed by atoms with van der Waals surface area (Å²) < 4.78 is 0. The molecule has 0 spiro atoms. The molecule has 4 atom stereocenters. The van der Waals surface area contributed by atoms with Crippen molar-refractivity contribution in [3.8, 4) is 0 Å². The molecule has 0 bridgehead atoms. The van der Waals surface area contributed by atoms with Crippen molar-refractivity contribution in [2.75, 3.05) is 13.2 Å². The van der Waals surface area contributed by atoms with Crippen molar-refractivity contribution in [1.82, 2.24) is 0 Å². The predicted molar refractivity (Wildman–Crippen MR) is 68.9 cm³/mol. The molecule has 3 N–H and O–H groups in total. The Labute approximate surface area is 109 Å². The highest BCUT2D eigenvalue weighted by Gasteiger charge is 2.62. The number of fused-ring (bicyclic) bond motifs is 2. The summed E-state index contributed by atoms with van der Waals surface area (Å²) in [7, 11) is 0. The summed E-state index contributed by atoms with van der Waals surface area (Å²) in [6.45, 7) is 4.43. The van der Waals surface area contributed by atoms with E-state index in [1.165, 1.54) is 5.57 Å². The molecule has 0 aromatic rings. The minimum absolute atomic E-state index is 0.0283. The lowest BCUT2D eigenvalue weighted by atomic mass is 9.48. The lowest BCUT2D eigenvalue weighted by Crippen LogP contribution is -2.60. The van der Waals surface area contributed by atoms with Crippen LogP contribution in [0.2, 0.25) is 0 Å². The Morgan fingerprint density at radius 1 is 1.17 bits per heavy atom. The Hall–Kier alpha value is -0.380. The zero-order chi connectivity index (χ0) is 13.2. The first-order valence-electron chi connectivity index (χ1n) is 7.04. The number of rotatable bonds is 2. The van der Waals surface area contributed by atoms with Gasteiger partial charge in [-0.2, -0.15) is 0 Å². The summed E-state index contributed by atoms with van der Waals surface area (Å²) in [6, 6.07) is 0. The molecule has 0 aromatic heterocycles. The van der Waals surface area contributed by atoms with Crippen molar-refractivity contribution in [3.05, 3.63) is 11.1 Å². The maximum atomic E-state index is 10.9. The van der Waals surface area contributed by atoms with Gasteiger partial charge in [-0.25, -0.2) is 0 Å². The Morgan fingerprint density at radius 3 is 2.39 bits per heavy atom. The van der Waals surface area contributed by atoms with Gasteiger partial charge >= 0.3 is 0 Å². The van der Waals surface area contributed by atoms with E-state index in [4.69, 9.17) is 0 Å². The van der Waals surface area contributed by atoms with Gasteiger partial charge in [0.25, 0.3) is 0 Å². The van der Waals surface area contributed by atoms with Gasteiger partial charge in [0.2, 0.25) is 0 Å². The van der Waals surface area contributed by atoms with Crippen LogP contribution >= 0.6 is 0 Å². The maximum absolute atomic E-state index is 10.9. The van der Waals surface area contributed by atoms with Gasteiger partial charge < -0.3 is 15.3 Å². The molecule has 0 aromatic carbocycles. The molecule has 0 amide bonds. The molecule has 3 aliphatic rings. The Balaban J connectivity index is 2.05. The summed E-state index contributed by atoms with van der Waals surface area (Å²) in [6.07, 6.45) is 4.67. The Morgan fingerprint density at radius 2 is 1.89 bits per heavy atom. The van der Waals surface area contributed by atoms with Crippen LogP contribution in [0.5, 0.6) is 0 Å². The molecule has 0 aliphatic heterocycles. The zero-order valence-corrected chi connectivity index (χ0v) is 11.4. The third-order valence-electron chi connectivity index (χ3n) is 6.01. The maximum Gasteiger partial charge on any atom is 0.0935 e. The summed E-state index contributed by atoms with van der Waals surface area (Å²) in [5.74, 6) is 0.454. The van der Waals surface area contributed by atoms with E-state index in [1.54, 1.807) is 0 Å². The molecule has 0 heterocycles. The van der Waals surface area contributed by atoms with E-state index in [9.17, 15) is 15.3 Å². The quantitative estimate of drug-likeness (QED) is 0.654. The van der Waals surface area contributed by atoms with Crippen LogP contribution in [0.3, 0.4) is 0 Å². The molecule has 3 aliphatic carbocycles. The van der Waals surface area contributed by atoms with E-state index in [0.29, 0.717) is 5.92 Å². The standard InChI is InChI=1S/C15H24O3/c1-13(9-17)5-10-6-14(2)3-4-15(14,18)12(8-16)11(10)7-13/h10,16-18H,3-9H2,1-2H3/t10-,13-,14-,15-/m0/s1. The van der Waals surface area contributed by atoms with Gasteiger partial charge in [-0.3, -0.25) is 0 Å². The van der Waals surface area contributed by atoms with Gasteiger partial charge in [0, 0.05) is 12.0 Å². The minimum Gasteiger partial charge on any atom is -0.396 e. The van der Waals surface area contributed by atoms with Crippen molar-refractivity contribution < 1.29 is 15.3 Å². The highest BCUT2D eigenvalue weighted by atomic mass is 16.3. The molecule has 0 saturated heterocycles. The zero-order valence-electron chi connectivity index (χ0n) is 11.4. The monoisotopic (exact) mass is 252 g/mol. The molecule has 0 radical (unpaired) electrons. The van der Waals surface area contributed by atoms with Crippen LogP contribution in [0.25, 0.3) is 0 Å². The van der Waals surface area contributed by atoms with Gasteiger partial charge in [-0.15, -0.1) is 0 Å². The third-order valence-corrected chi connectivity index (χ3v) is 6.01. The normalized spacial score (nSPS) is 50.8. The smallest absolute Gasteiger partial charge is 0.0935 e. The molecular formula is C15H24O3. The number of hydrogen-bond donors (Lipinski definition) is 3. The number of hydrogen-bond acceptors (Lipinski definition) is 3. The molecule has 2 saturated carbocycles. The summed E-state index contributed by atoms with van der Waals surface area (Å²) in [5.41, 5.74) is 1.24. The van der Waals surface area contributed by atoms with Gasteiger partial charge in [-0.1, -0.05) is 19.4 Å². The Bertz CT molecular complexity index is 416. The van der Waals surface area contributed by atoms with Crippen molar-refractivity contribution in [1.29, 1.82) is 0 Å². The van der Waals surface area contributed by atoms with Gasteiger partial charge in [0.05, 0.1) is 12.2 Å². The fourth-order valence-corrected chi connectivity index (χ4v) is 4.68. The second-order valence-corrected chi connectivity index (χ2v) is 7.33. The van der Waals surface area contributed by atoms with E-state index in [0.717, 1.165) is 37.7 Å². The van der Waals surface area contributed by atoms with Crippen LogP contribution in [0.15, 0.2) is 11.1 Å². The van der Waals surface area contributed by atoms with Crippen LogP contribution in [0, 0.1) is 16.7 Å². The topological polar surface area (TPSA) is 60.7 Å². The fourth-order valence-electron chi connectivity index (χ4n) is 4.68. The van der Waals surface area contributed by atoms with Crippen molar-refractivity contribution in [3.63, 3.8) is 0 Å². The molecule has 0 unspecified atom stereocenters. The lowest BCUT2D eigenvalue weighted by Gasteiger charge is -2.60. The van der Waals surface area contributed by atoms with E-state index in [2.05, 4.69) is 13.8 Å². The second-order valence-electron chi connectivity index (χ2n) is 7.33. The van der Waals surface area contributed by atoms with Crippen molar-refractivity contribution >= 4 is 0 Å². The SMILES string of the molecule is C[C@@]1(CO)CC2=C(CO)[C@@]3(O)CC[C@@]3(C)C[C@@H]2C1. The van der Waals surface area contributed by atoms with Gasteiger partial charge in [-0.05, 0) is 49.0 Å². The summed E-state index contributed by atoms with van der Waals surface area (Å²) >= 11 is 0. The number of aliphatic hydroxyl groups excluding tert-OH is 2. The van der Waals surface area contributed by atoms with Crippen LogP contribution in [0.4, 0.5) is 0 Å². The average molecular weight is 252 g/mol. The summed E-state index contributed by atoms with van der Waals surface area (Å²) in [5, 5.41) is 30.1. The predicted octanol–water partition coefficient (Wildman–Crippen LogP) is 1.62. The summed E-state index contributed by atoms with van der Waals surface area (Å²) in [4.78, 5) is 0. The molecule has 18 heavy (non-hydrogen) atoms. The average Bonchev–Trinajstić information content (AvgIpc) is 2.66. The van der Waals surface area contributed by atoms with Crippen LogP contribution in [0.1, 0.15) is 46.0 Å². The van der Waals surface area contributed by atoms with Crippen LogP contribution in [-0.2, 0) is 0 Å². The van der Waals surface area contributed by atoms with E-state index in [-0.39, 0.29) is 24.0 Å². The number of aliphatic hydroxyl groups is 3. The van der Waals surface area contributed by atoms with Gasteiger partial charge in [0.1, 0.15) is 0 Å². The van der Waals surface area contributed by atoms with Crippen LogP contribution < -0.4 is 0 Å². The van der Waals surface area contributed by atoms with E-state index in [1.807, 2.05) is 0 Å². The Kier molecular flexibility index (Phi) is 2.52. The molecule has 3 rings (SSSR count). The molecule has 102 valence electrons. The van der Waals surface area contributed by atoms with Crippen LogP contribution in [-0.4, -0.2) is 34.1 Å². The third kappa shape index (κ3) is 1.36. The fraction of sp³-hybridized carbons (Fsp3) is 0.867. The number of allylic oxidation sites excluding steroid dienone is 1. The van der Waals surface area contributed by atoms with E-state index < -0.39 is 5.60 Å². The first-order chi connectivity index (χ1) is 8.37. The molecule has 2 fully saturated rings. The van der Waals surface area contributed by atoms with Gasteiger partial charge in [0.15, 0.2) is 0 Å².